The number of nitrogens with one attached hydrogen (secondary N) is 1. The SMILES string of the molecule is COc1ccc(CNC(C)C)cc1SC. The number of benzene rings is 1. The molecule has 0 amide bonds. The van der Waals surface area contributed by atoms with Crippen molar-refractivity contribution < 1.29 is 4.74 Å². The molecule has 1 rings (SSSR count). The van der Waals surface area contributed by atoms with Crippen molar-refractivity contribution in [3.63, 3.8) is 0 Å². The van der Waals surface area contributed by atoms with Gasteiger partial charge in [-0.25, -0.2) is 0 Å². The summed E-state index contributed by atoms with van der Waals surface area (Å²) >= 11 is 1.72. The Bertz CT molecular complexity index is 312. The Hall–Kier alpha value is -0.670. The Morgan fingerprint density at radius 3 is 2.67 bits per heavy atom. The van der Waals surface area contributed by atoms with Crippen LogP contribution in [0.15, 0.2) is 23.1 Å². The molecule has 0 saturated carbocycles. The second-order valence-corrected chi connectivity index (χ2v) is 4.57. The molecule has 0 aliphatic carbocycles. The summed E-state index contributed by atoms with van der Waals surface area (Å²) in [6.45, 7) is 5.22. The number of rotatable bonds is 5. The smallest absolute Gasteiger partial charge is 0.132 e. The van der Waals surface area contributed by atoms with Gasteiger partial charge in [0.05, 0.1) is 7.11 Å². The summed E-state index contributed by atoms with van der Waals surface area (Å²) in [6, 6.07) is 6.83. The van der Waals surface area contributed by atoms with Crippen molar-refractivity contribution in [2.24, 2.45) is 0 Å². The molecule has 0 aliphatic heterocycles. The molecule has 3 heteroatoms. The molecule has 0 aliphatic rings. The molecule has 0 fully saturated rings. The first-order chi connectivity index (χ1) is 7.17. The molecular weight excluding hydrogens is 206 g/mol. The molecule has 1 aromatic rings. The minimum Gasteiger partial charge on any atom is -0.496 e. The lowest BCUT2D eigenvalue weighted by molar-refractivity contribution is 0.404. The standard InChI is InChI=1S/C12H19NOS/c1-9(2)13-8-10-5-6-11(14-3)12(7-10)15-4/h5-7,9,13H,8H2,1-4H3. The summed E-state index contributed by atoms with van der Waals surface area (Å²) < 4.78 is 5.28. The Morgan fingerprint density at radius 2 is 2.13 bits per heavy atom. The van der Waals surface area contributed by atoms with E-state index < -0.39 is 0 Å². The lowest BCUT2D eigenvalue weighted by atomic mass is 10.2. The van der Waals surface area contributed by atoms with E-state index in [1.54, 1.807) is 18.9 Å². The molecule has 2 nitrogen and oxygen atoms in total. The average Bonchev–Trinajstić information content (AvgIpc) is 2.25. The van der Waals surface area contributed by atoms with Crippen LogP contribution in [0.4, 0.5) is 0 Å². The van der Waals surface area contributed by atoms with E-state index >= 15 is 0 Å². The van der Waals surface area contributed by atoms with Crippen molar-refractivity contribution in [2.75, 3.05) is 13.4 Å². The Balaban J connectivity index is 2.74. The van der Waals surface area contributed by atoms with Crippen LogP contribution in [0, 0.1) is 0 Å². The van der Waals surface area contributed by atoms with Crippen molar-refractivity contribution in [1.29, 1.82) is 0 Å². The van der Waals surface area contributed by atoms with Gasteiger partial charge in [-0.2, -0.15) is 0 Å². The van der Waals surface area contributed by atoms with E-state index in [1.807, 2.05) is 6.07 Å². The average molecular weight is 225 g/mol. The van der Waals surface area contributed by atoms with Crippen molar-refractivity contribution >= 4 is 11.8 Å². The second kappa shape index (κ2) is 6.03. The van der Waals surface area contributed by atoms with Crippen LogP contribution in [0.5, 0.6) is 5.75 Å². The maximum atomic E-state index is 5.28. The Labute approximate surface area is 96.4 Å². The van der Waals surface area contributed by atoms with Gasteiger partial charge in [-0.1, -0.05) is 19.9 Å². The maximum absolute atomic E-state index is 5.28. The molecule has 0 spiro atoms. The molecule has 0 bridgehead atoms. The summed E-state index contributed by atoms with van der Waals surface area (Å²) in [6.07, 6.45) is 2.07. The van der Waals surface area contributed by atoms with Gasteiger partial charge in [0.15, 0.2) is 0 Å². The van der Waals surface area contributed by atoms with E-state index in [1.165, 1.54) is 10.5 Å². The van der Waals surface area contributed by atoms with Crippen LogP contribution in [-0.4, -0.2) is 19.4 Å². The molecular formula is C12H19NOS. The summed E-state index contributed by atoms with van der Waals surface area (Å²) in [5, 5.41) is 3.40. The Morgan fingerprint density at radius 1 is 1.40 bits per heavy atom. The van der Waals surface area contributed by atoms with Crippen LogP contribution in [0.2, 0.25) is 0 Å². The van der Waals surface area contributed by atoms with Crippen LogP contribution < -0.4 is 10.1 Å². The molecule has 15 heavy (non-hydrogen) atoms. The zero-order valence-corrected chi connectivity index (χ0v) is 10.6. The van der Waals surface area contributed by atoms with Crippen LogP contribution in [0.1, 0.15) is 19.4 Å². The normalized spacial score (nSPS) is 10.7. The van der Waals surface area contributed by atoms with Gasteiger partial charge < -0.3 is 10.1 Å². The third kappa shape index (κ3) is 3.76. The number of ether oxygens (including phenoxy) is 1. The third-order valence-corrected chi connectivity index (χ3v) is 2.92. The molecule has 0 heterocycles. The highest BCUT2D eigenvalue weighted by Crippen LogP contribution is 2.28. The van der Waals surface area contributed by atoms with Gasteiger partial charge in [0.2, 0.25) is 0 Å². The quantitative estimate of drug-likeness (QED) is 0.779. The van der Waals surface area contributed by atoms with Gasteiger partial charge >= 0.3 is 0 Å². The highest BCUT2D eigenvalue weighted by atomic mass is 32.2. The first-order valence-corrected chi connectivity index (χ1v) is 6.34. The van der Waals surface area contributed by atoms with E-state index in [0.29, 0.717) is 6.04 Å². The van der Waals surface area contributed by atoms with Gasteiger partial charge in [-0.05, 0) is 24.0 Å². The Kier molecular flexibility index (Phi) is 4.99. The summed E-state index contributed by atoms with van der Waals surface area (Å²) in [7, 11) is 1.71. The van der Waals surface area contributed by atoms with Crippen molar-refractivity contribution in [1.82, 2.24) is 5.32 Å². The predicted molar refractivity (Wildman–Crippen MR) is 66.8 cm³/mol. The molecule has 0 radical (unpaired) electrons. The molecule has 0 unspecified atom stereocenters. The number of hydrogen-bond donors (Lipinski definition) is 1. The second-order valence-electron chi connectivity index (χ2n) is 3.72. The molecule has 1 N–H and O–H groups in total. The summed E-state index contributed by atoms with van der Waals surface area (Å²) in [4.78, 5) is 1.19. The molecule has 1 aromatic carbocycles. The van der Waals surface area contributed by atoms with Crippen molar-refractivity contribution in [2.45, 2.75) is 31.3 Å². The molecule has 0 aromatic heterocycles. The fourth-order valence-corrected chi connectivity index (χ4v) is 1.93. The van der Waals surface area contributed by atoms with Gasteiger partial charge in [0.1, 0.15) is 5.75 Å². The number of methoxy groups -OCH3 is 1. The van der Waals surface area contributed by atoms with Gasteiger partial charge in [0.25, 0.3) is 0 Å². The van der Waals surface area contributed by atoms with Crippen LogP contribution >= 0.6 is 11.8 Å². The number of thioether (sulfide) groups is 1. The largest absolute Gasteiger partial charge is 0.496 e. The highest BCUT2D eigenvalue weighted by Gasteiger charge is 2.03. The minimum absolute atomic E-state index is 0.518. The molecule has 84 valence electrons. The van der Waals surface area contributed by atoms with Gasteiger partial charge in [-0.15, -0.1) is 11.8 Å². The fourth-order valence-electron chi connectivity index (χ4n) is 1.31. The predicted octanol–water partition coefficient (Wildman–Crippen LogP) is 2.92. The first-order valence-electron chi connectivity index (χ1n) is 5.11. The van der Waals surface area contributed by atoms with E-state index in [2.05, 4.69) is 37.6 Å². The number of hydrogen-bond acceptors (Lipinski definition) is 3. The van der Waals surface area contributed by atoms with E-state index in [0.717, 1.165) is 12.3 Å². The first kappa shape index (κ1) is 12.4. The minimum atomic E-state index is 0.518. The zero-order valence-electron chi connectivity index (χ0n) is 9.83. The monoisotopic (exact) mass is 225 g/mol. The van der Waals surface area contributed by atoms with Gasteiger partial charge in [-0.3, -0.25) is 0 Å². The van der Waals surface area contributed by atoms with Crippen LogP contribution in [-0.2, 0) is 6.54 Å². The van der Waals surface area contributed by atoms with Crippen molar-refractivity contribution in [3.8, 4) is 5.75 Å². The van der Waals surface area contributed by atoms with E-state index in [4.69, 9.17) is 4.74 Å². The van der Waals surface area contributed by atoms with Crippen LogP contribution in [0.3, 0.4) is 0 Å². The summed E-state index contributed by atoms with van der Waals surface area (Å²) in [5.41, 5.74) is 1.30. The highest BCUT2D eigenvalue weighted by molar-refractivity contribution is 7.98. The molecule has 0 saturated heterocycles. The van der Waals surface area contributed by atoms with E-state index in [-0.39, 0.29) is 0 Å². The zero-order chi connectivity index (χ0) is 11.3. The van der Waals surface area contributed by atoms with Gasteiger partial charge in [0, 0.05) is 17.5 Å². The molecule has 0 atom stereocenters. The topological polar surface area (TPSA) is 21.3 Å². The van der Waals surface area contributed by atoms with Crippen molar-refractivity contribution in [3.05, 3.63) is 23.8 Å². The summed E-state index contributed by atoms with van der Waals surface area (Å²) in [5.74, 6) is 0.954. The lowest BCUT2D eigenvalue weighted by Crippen LogP contribution is -2.21. The van der Waals surface area contributed by atoms with Crippen LogP contribution in [0.25, 0.3) is 0 Å². The fraction of sp³-hybridized carbons (Fsp3) is 0.500. The lowest BCUT2D eigenvalue weighted by Gasteiger charge is -2.11. The third-order valence-electron chi connectivity index (χ3n) is 2.16. The van der Waals surface area contributed by atoms with E-state index in [9.17, 15) is 0 Å². The maximum Gasteiger partial charge on any atom is 0.132 e.